The summed E-state index contributed by atoms with van der Waals surface area (Å²) in [5, 5.41) is 0. The van der Waals surface area contributed by atoms with E-state index in [0.717, 1.165) is 19.3 Å². The molecule has 1 rings (SSSR count). The van der Waals surface area contributed by atoms with Gasteiger partial charge in [0.1, 0.15) is 0 Å². The van der Waals surface area contributed by atoms with E-state index in [1.165, 1.54) is 12.0 Å². The van der Waals surface area contributed by atoms with Gasteiger partial charge in [-0.25, -0.2) is 0 Å². The Hall–Kier alpha value is -0.250. The standard InChI is InChI=1S/C15H25O3PS/c1-3-16-19(20,17-4-2)18-14-10-6-9-13-15-11-7-5-8-12-15/h5,7-8,11-12H,3-4,6,9-10,13-14H2,1-2H3. The highest BCUT2D eigenvalue weighted by molar-refractivity contribution is 8.07. The maximum absolute atomic E-state index is 5.64. The van der Waals surface area contributed by atoms with Crippen molar-refractivity contribution in [3.05, 3.63) is 35.9 Å². The molecule has 0 aliphatic rings. The van der Waals surface area contributed by atoms with E-state index in [-0.39, 0.29) is 0 Å². The maximum Gasteiger partial charge on any atom is 0.327 e. The zero-order valence-corrected chi connectivity index (χ0v) is 14.1. The monoisotopic (exact) mass is 316 g/mol. The summed E-state index contributed by atoms with van der Waals surface area (Å²) in [5.41, 5.74) is 1.39. The first-order chi connectivity index (χ1) is 9.70. The number of unbranched alkanes of at least 4 members (excludes halogenated alkanes) is 2. The first-order valence-corrected chi connectivity index (χ1v) is 9.83. The second-order valence-electron chi connectivity index (χ2n) is 4.41. The molecular formula is C15H25O3PS. The van der Waals surface area contributed by atoms with Crippen LogP contribution in [-0.4, -0.2) is 19.8 Å². The van der Waals surface area contributed by atoms with Gasteiger partial charge in [0.05, 0.1) is 19.8 Å². The van der Waals surface area contributed by atoms with Crippen molar-refractivity contribution in [2.75, 3.05) is 19.8 Å². The lowest BCUT2D eigenvalue weighted by Gasteiger charge is -2.20. The molecular weight excluding hydrogens is 291 g/mol. The highest BCUT2D eigenvalue weighted by Crippen LogP contribution is 2.49. The van der Waals surface area contributed by atoms with Gasteiger partial charge in [-0.1, -0.05) is 36.8 Å². The van der Waals surface area contributed by atoms with Gasteiger partial charge in [0.2, 0.25) is 0 Å². The van der Waals surface area contributed by atoms with Crippen LogP contribution in [0.2, 0.25) is 0 Å². The number of benzene rings is 1. The Morgan fingerprint density at radius 2 is 1.55 bits per heavy atom. The molecule has 0 saturated carbocycles. The molecule has 0 N–H and O–H groups in total. The van der Waals surface area contributed by atoms with E-state index in [2.05, 4.69) is 24.3 Å². The Kier molecular flexibility index (Phi) is 9.32. The fourth-order valence-electron chi connectivity index (χ4n) is 1.86. The minimum atomic E-state index is -2.49. The Morgan fingerprint density at radius 1 is 0.900 bits per heavy atom. The van der Waals surface area contributed by atoms with Gasteiger partial charge >= 0.3 is 6.72 Å². The summed E-state index contributed by atoms with van der Waals surface area (Å²) in [6, 6.07) is 10.5. The molecule has 0 aliphatic carbocycles. The van der Waals surface area contributed by atoms with Crippen LogP contribution in [0, 0.1) is 0 Å². The van der Waals surface area contributed by atoms with Crippen molar-refractivity contribution >= 4 is 18.5 Å². The minimum Gasteiger partial charge on any atom is -0.309 e. The van der Waals surface area contributed by atoms with Gasteiger partial charge in [-0.2, -0.15) is 0 Å². The smallest absolute Gasteiger partial charge is 0.309 e. The second-order valence-corrected chi connectivity index (χ2v) is 7.42. The van der Waals surface area contributed by atoms with E-state index in [9.17, 15) is 0 Å². The molecule has 0 aromatic heterocycles. The van der Waals surface area contributed by atoms with Gasteiger partial charge in [-0.3, -0.25) is 0 Å². The van der Waals surface area contributed by atoms with E-state index in [1.54, 1.807) is 0 Å². The van der Waals surface area contributed by atoms with Crippen LogP contribution in [0.1, 0.15) is 38.7 Å². The molecule has 20 heavy (non-hydrogen) atoms. The summed E-state index contributed by atoms with van der Waals surface area (Å²) in [4.78, 5) is 0. The fraction of sp³-hybridized carbons (Fsp3) is 0.600. The highest BCUT2D eigenvalue weighted by atomic mass is 32.5. The Morgan fingerprint density at radius 3 is 2.15 bits per heavy atom. The van der Waals surface area contributed by atoms with Crippen LogP contribution in [0.4, 0.5) is 0 Å². The molecule has 0 unspecified atom stereocenters. The quantitative estimate of drug-likeness (QED) is 0.436. The molecule has 114 valence electrons. The van der Waals surface area contributed by atoms with Crippen molar-refractivity contribution < 1.29 is 13.6 Å². The Balaban J connectivity index is 2.13. The predicted molar refractivity (Wildman–Crippen MR) is 87.5 cm³/mol. The van der Waals surface area contributed by atoms with Crippen LogP contribution in [0.25, 0.3) is 0 Å². The normalized spacial score (nSPS) is 11.7. The van der Waals surface area contributed by atoms with Crippen LogP contribution in [0.5, 0.6) is 0 Å². The zero-order valence-electron chi connectivity index (χ0n) is 12.4. The summed E-state index contributed by atoms with van der Waals surface area (Å²) in [6.45, 7) is 3.00. The minimum absolute atomic E-state index is 0.533. The van der Waals surface area contributed by atoms with Crippen molar-refractivity contribution in [2.45, 2.75) is 39.5 Å². The Labute approximate surface area is 127 Å². The lowest BCUT2D eigenvalue weighted by Crippen LogP contribution is -2.01. The molecule has 0 spiro atoms. The van der Waals surface area contributed by atoms with Gasteiger partial charge in [0.25, 0.3) is 0 Å². The van der Waals surface area contributed by atoms with Crippen molar-refractivity contribution in [3.8, 4) is 0 Å². The first-order valence-electron chi connectivity index (χ1n) is 7.27. The number of rotatable bonds is 11. The van der Waals surface area contributed by atoms with Gasteiger partial charge in [-0.05, 0) is 50.5 Å². The van der Waals surface area contributed by atoms with Gasteiger partial charge in [0.15, 0.2) is 0 Å². The molecule has 0 amide bonds. The summed E-state index contributed by atoms with van der Waals surface area (Å²) in [5.74, 6) is 0. The van der Waals surface area contributed by atoms with Crippen LogP contribution >= 0.6 is 6.72 Å². The molecule has 0 atom stereocenters. The summed E-state index contributed by atoms with van der Waals surface area (Å²) >= 11 is 5.30. The molecule has 5 heteroatoms. The van der Waals surface area contributed by atoms with Crippen molar-refractivity contribution in [2.24, 2.45) is 0 Å². The third-order valence-electron chi connectivity index (χ3n) is 2.78. The molecule has 0 bridgehead atoms. The van der Waals surface area contributed by atoms with E-state index in [4.69, 9.17) is 25.4 Å². The van der Waals surface area contributed by atoms with Gasteiger partial charge in [-0.15, -0.1) is 0 Å². The summed E-state index contributed by atoms with van der Waals surface area (Å²) in [7, 11) is 0. The van der Waals surface area contributed by atoms with Crippen LogP contribution in [0.15, 0.2) is 30.3 Å². The number of hydrogen-bond donors (Lipinski definition) is 0. The first kappa shape index (κ1) is 17.8. The van der Waals surface area contributed by atoms with Crippen molar-refractivity contribution in [1.29, 1.82) is 0 Å². The zero-order chi connectivity index (χ0) is 14.7. The third kappa shape index (κ3) is 7.51. The van der Waals surface area contributed by atoms with Crippen LogP contribution < -0.4 is 0 Å². The van der Waals surface area contributed by atoms with Gasteiger partial charge in [0, 0.05) is 0 Å². The predicted octanol–water partition coefficient (Wildman–Crippen LogP) is 4.71. The third-order valence-corrected chi connectivity index (χ3v) is 5.37. The largest absolute Gasteiger partial charge is 0.327 e. The second kappa shape index (κ2) is 10.5. The highest BCUT2D eigenvalue weighted by Gasteiger charge is 2.18. The van der Waals surface area contributed by atoms with Crippen molar-refractivity contribution in [3.63, 3.8) is 0 Å². The average Bonchev–Trinajstić information content (AvgIpc) is 2.44. The molecule has 0 saturated heterocycles. The molecule has 0 heterocycles. The summed E-state index contributed by atoms with van der Waals surface area (Å²) < 4.78 is 16.5. The van der Waals surface area contributed by atoms with Crippen LogP contribution in [0.3, 0.4) is 0 Å². The molecule has 1 aromatic rings. The van der Waals surface area contributed by atoms with E-state index < -0.39 is 6.72 Å². The number of aryl methyl sites for hydroxylation is 1. The van der Waals surface area contributed by atoms with E-state index >= 15 is 0 Å². The molecule has 1 aromatic carbocycles. The lowest BCUT2D eigenvalue weighted by molar-refractivity contribution is 0.165. The summed E-state index contributed by atoms with van der Waals surface area (Å²) in [6.07, 6.45) is 4.40. The topological polar surface area (TPSA) is 27.7 Å². The maximum atomic E-state index is 5.64. The van der Waals surface area contributed by atoms with Crippen molar-refractivity contribution in [1.82, 2.24) is 0 Å². The van der Waals surface area contributed by atoms with Gasteiger partial charge < -0.3 is 13.6 Å². The fourth-order valence-corrected chi connectivity index (χ4v) is 3.92. The van der Waals surface area contributed by atoms with E-state index in [0.29, 0.717) is 19.8 Å². The lowest BCUT2D eigenvalue weighted by atomic mass is 10.1. The van der Waals surface area contributed by atoms with E-state index in [1.807, 2.05) is 19.9 Å². The molecule has 0 aliphatic heterocycles. The molecule has 0 fully saturated rings. The molecule has 3 nitrogen and oxygen atoms in total. The van der Waals surface area contributed by atoms with Crippen LogP contribution in [-0.2, 0) is 31.8 Å². The Bertz CT molecular complexity index is 387. The molecule has 0 radical (unpaired) electrons. The average molecular weight is 316 g/mol. The SMILES string of the molecule is CCOP(=S)(OCC)OCCCCCc1ccccc1. The number of hydrogen-bond acceptors (Lipinski definition) is 4.